The Labute approximate surface area is 78.1 Å². The molecule has 1 aliphatic rings. The molecule has 0 aromatic carbocycles. The smallest absolute Gasteiger partial charge is 0.307 e. The number of ether oxygens (including phenoxy) is 1. The number of carbonyl (C=O) groups excluding carboxylic acids is 2. The maximum Gasteiger partial charge on any atom is 0.307 e. The summed E-state index contributed by atoms with van der Waals surface area (Å²) in [5.41, 5.74) is 0. The average molecular weight is 186 g/mol. The number of ketones is 1. The van der Waals surface area contributed by atoms with Crippen molar-refractivity contribution in [1.82, 2.24) is 0 Å². The van der Waals surface area contributed by atoms with Gasteiger partial charge in [0.25, 0.3) is 0 Å². The number of carbonyl (C=O) groups is 2. The molecule has 4 heteroatoms. The lowest BCUT2D eigenvalue weighted by Crippen LogP contribution is -2.47. The SMILES string of the molecule is C[N+](C)(C)CC1OC(=O)CCC1=O. The third-order valence-electron chi connectivity index (χ3n) is 1.92. The molecule has 1 aliphatic heterocycles. The second-order valence-electron chi connectivity index (χ2n) is 4.42. The van der Waals surface area contributed by atoms with Crippen LogP contribution in [0, 0.1) is 0 Å². The van der Waals surface area contributed by atoms with E-state index in [9.17, 15) is 9.59 Å². The van der Waals surface area contributed by atoms with Crippen molar-refractivity contribution in [3.8, 4) is 0 Å². The van der Waals surface area contributed by atoms with E-state index in [0.29, 0.717) is 17.4 Å². The zero-order valence-electron chi connectivity index (χ0n) is 8.37. The third kappa shape index (κ3) is 3.14. The van der Waals surface area contributed by atoms with E-state index in [2.05, 4.69) is 0 Å². The van der Waals surface area contributed by atoms with Crippen LogP contribution < -0.4 is 0 Å². The molecule has 13 heavy (non-hydrogen) atoms. The van der Waals surface area contributed by atoms with Gasteiger partial charge in [0.2, 0.25) is 6.10 Å². The number of cyclic esters (lactones) is 1. The summed E-state index contributed by atoms with van der Waals surface area (Å²) in [6.45, 7) is 0.560. The fraction of sp³-hybridized carbons (Fsp3) is 0.778. The van der Waals surface area contributed by atoms with Crippen molar-refractivity contribution in [3.63, 3.8) is 0 Å². The Morgan fingerprint density at radius 2 is 1.92 bits per heavy atom. The number of hydrogen-bond acceptors (Lipinski definition) is 3. The number of quaternary nitrogens is 1. The van der Waals surface area contributed by atoms with E-state index >= 15 is 0 Å². The number of rotatable bonds is 2. The predicted molar refractivity (Wildman–Crippen MR) is 47.0 cm³/mol. The highest BCUT2D eigenvalue weighted by Crippen LogP contribution is 2.12. The molecule has 0 N–H and O–H groups in total. The van der Waals surface area contributed by atoms with Crippen LogP contribution in [0.15, 0.2) is 0 Å². The minimum absolute atomic E-state index is 0.0488. The lowest BCUT2D eigenvalue weighted by Gasteiger charge is -2.29. The first kappa shape index (κ1) is 10.2. The molecular formula is C9H16NO3+. The third-order valence-corrected chi connectivity index (χ3v) is 1.92. The van der Waals surface area contributed by atoms with Crippen molar-refractivity contribution in [2.75, 3.05) is 27.7 Å². The molecule has 1 fully saturated rings. The fourth-order valence-electron chi connectivity index (χ4n) is 1.31. The Kier molecular flexibility index (Phi) is 2.71. The second-order valence-corrected chi connectivity index (χ2v) is 4.42. The average Bonchev–Trinajstić information content (AvgIpc) is 1.94. The van der Waals surface area contributed by atoms with E-state index in [-0.39, 0.29) is 18.2 Å². The van der Waals surface area contributed by atoms with Crippen LogP contribution in [0.3, 0.4) is 0 Å². The van der Waals surface area contributed by atoms with Crippen LogP contribution in [0.4, 0.5) is 0 Å². The van der Waals surface area contributed by atoms with Gasteiger partial charge in [-0.05, 0) is 0 Å². The van der Waals surface area contributed by atoms with Crippen molar-refractivity contribution in [1.29, 1.82) is 0 Å². The number of likely N-dealkylation sites (N-methyl/N-ethyl adjacent to an activating group) is 1. The first-order valence-electron chi connectivity index (χ1n) is 4.41. The van der Waals surface area contributed by atoms with Gasteiger partial charge in [0.15, 0.2) is 5.78 Å². The highest BCUT2D eigenvalue weighted by atomic mass is 16.5. The number of hydrogen-bond donors (Lipinski definition) is 0. The van der Waals surface area contributed by atoms with Crippen molar-refractivity contribution < 1.29 is 18.8 Å². The Morgan fingerprint density at radius 3 is 2.46 bits per heavy atom. The quantitative estimate of drug-likeness (QED) is 0.449. The van der Waals surface area contributed by atoms with Gasteiger partial charge in [0, 0.05) is 6.42 Å². The molecule has 1 atom stereocenters. The Bertz CT molecular complexity index is 230. The summed E-state index contributed by atoms with van der Waals surface area (Å²) < 4.78 is 5.60. The highest BCUT2D eigenvalue weighted by Gasteiger charge is 2.32. The van der Waals surface area contributed by atoms with Gasteiger partial charge in [-0.2, -0.15) is 0 Å². The summed E-state index contributed by atoms with van der Waals surface area (Å²) in [6, 6.07) is 0. The number of nitrogens with zero attached hydrogens (tertiary/aromatic N) is 1. The molecule has 0 aromatic heterocycles. The van der Waals surface area contributed by atoms with E-state index < -0.39 is 6.10 Å². The molecule has 0 bridgehead atoms. The Morgan fingerprint density at radius 1 is 1.31 bits per heavy atom. The summed E-state index contributed by atoms with van der Waals surface area (Å²) in [5.74, 6) is -0.203. The van der Waals surface area contributed by atoms with Gasteiger partial charge < -0.3 is 9.22 Å². The molecule has 1 heterocycles. The molecule has 0 spiro atoms. The summed E-state index contributed by atoms with van der Waals surface area (Å²) >= 11 is 0. The summed E-state index contributed by atoms with van der Waals surface area (Å²) in [4.78, 5) is 22.3. The van der Waals surface area contributed by atoms with Crippen molar-refractivity contribution in [2.24, 2.45) is 0 Å². The zero-order valence-corrected chi connectivity index (χ0v) is 8.37. The van der Waals surface area contributed by atoms with Gasteiger partial charge in [-0.15, -0.1) is 0 Å². The predicted octanol–water partition coefficient (Wildman–Crippen LogP) is -0.0327. The van der Waals surface area contributed by atoms with Crippen LogP contribution in [-0.4, -0.2) is 50.0 Å². The van der Waals surface area contributed by atoms with Crippen molar-refractivity contribution >= 4 is 11.8 Å². The molecule has 74 valence electrons. The minimum Gasteiger partial charge on any atom is -0.448 e. The molecule has 1 saturated heterocycles. The van der Waals surface area contributed by atoms with Gasteiger partial charge >= 0.3 is 5.97 Å². The van der Waals surface area contributed by atoms with Gasteiger partial charge in [0.1, 0.15) is 6.54 Å². The molecule has 0 amide bonds. The summed E-state index contributed by atoms with van der Waals surface area (Å²) in [6.07, 6.45) is 0.0527. The second kappa shape index (κ2) is 3.46. The Hall–Kier alpha value is -0.900. The highest BCUT2D eigenvalue weighted by molar-refractivity contribution is 5.91. The monoisotopic (exact) mass is 186 g/mol. The fourth-order valence-corrected chi connectivity index (χ4v) is 1.31. The normalized spacial score (nSPS) is 24.4. The molecule has 0 radical (unpaired) electrons. The molecule has 1 rings (SSSR count). The lowest BCUT2D eigenvalue weighted by atomic mass is 10.1. The summed E-state index contributed by atoms with van der Waals surface area (Å²) in [5, 5.41) is 0. The van der Waals surface area contributed by atoms with Crippen LogP contribution in [0.1, 0.15) is 12.8 Å². The van der Waals surface area contributed by atoms with E-state index in [1.807, 2.05) is 21.1 Å². The standard InChI is InChI=1S/C9H16NO3/c1-10(2,3)6-8-7(11)4-5-9(12)13-8/h8H,4-6H2,1-3H3/q+1. The molecule has 0 saturated carbocycles. The van der Waals surface area contributed by atoms with E-state index in [1.165, 1.54) is 0 Å². The molecular weight excluding hydrogens is 170 g/mol. The van der Waals surface area contributed by atoms with Crippen LogP contribution in [-0.2, 0) is 14.3 Å². The molecule has 0 aromatic rings. The maximum absolute atomic E-state index is 11.3. The number of Topliss-reactive ketones (excluding diaryl/α,β-unsaturated/α-hetero) is 1. The van der Waals surface area contributed by atoms with Gasteiger partial charge in [0.05, 0.1) is 27.6 Å². The minimum atomic E-state index is -0.527. The molecule has 1 unspecified atom stereocenters. The van der Waals surface area contributed by atoms with Crippen LogP contribution in [0.5, 0.6) is 0 Å². The molecule has 0 aliphatic carbocycles. The van der Waals surface area contributed by atoms with Crippen LogP contribution in [0.25, 0.3) is 0 Å². The van der Waals surface area contributed by atoms with Gasteiger partial charge in [-0.25, -0.2) is 0 Å². The van der Waals surface area contributed by atoms with Crippen molar-refractivity contribution in [3.05, 3.63) is 0 Å². The van der Waals surface area contributed by atoms with Gasteiger partial charge in [-0.1, -0.05) is 0 Å². The first-order chi connectivity index (χ1) is 5.88. The van der Waals surface area contributed by atoms with Crippen LogP contribution >= 0.6 is 0 Å². The number of esters is 1. The van der Waals surface area contributed by atoms with Crippen molar-refractivity contribution in [2.45, 2.75) is 18.9 Å². The maximum atomic E-state index is 11.3. The van der Waals surface area contributed by atoms with E-state index in [0.717, 1.165) is 0 Å². The molecule has 4 nitrogen and oxygen atoms in total. The van der Waals surface area contributed by atoms with Gasteiger partial charge in [-0.3, -0.25) is 9.59 Å². The van der Waals surface area contributed by atoms with E-state index in [4.69, 9.17) is 4.74 Å². The Balaban J connectivity index is 2.57. The lowest BCUT2D eigenvalue weighted by molar-refractivity contribution is -0.872. The summed E-state index contributed by atoms with van der Waals surface area (Å²) in [7, 11) is 5.90. The zero-order chi connectivity index (χ0) is 10.1. The van der Waals surface area contributed by atoms with E-state index in [1.54, 1.807) is 0 Å². The van der Waals surface area contributed by atoms with Crippen LogP contribution in [0.2, 0.25) is 0 Å². The topological polar surface area (TPSA) is 43.4 Å². The first-order valence-corrected chi connectivity index (χ1v) is 4.41. The largest absolute Gasteiger partial charge is 0.448 e.